The Morgan fingerprint density at radius 1 is 0.826 bits per heavy atom. The summed E-state index contributed by atoms with van der Waals surface area (Å²) in [5, 5.41) is 0. The molecule has 0 unspecified atom stereocenters. The third-order valence-electron chi connectivity index (χ3n) is 3.70. The van der Waals surface area contributed by atoms with E-state index in [2.05, 4.69) is 0 Å². The third kappa shape index (κ3) is 11.6. The summed E-state index contributed by atoms with van der Waals surface area (Å²) >= 11 is 0. The number of nitrogens with zero attached hydrogens (tertiary/aromatic N) is 3. The van der Waals surface area contributed by atoms with E-state index in [0.29, 0.717) is 13.2 Å². The van der Waals surface area contributed by atoms with Gasteiger partial charge in [-0.15, -0.1) is 0 Å². The number of piperidine rings is 1. The fraction of sp³-hybridized carbons (Fsp3) is 0.812. The molecule has 0 aromatic carbocycles. The van der Waals surface area contributed by atoms with Gasteiger partial charge in [-0.25, -0.2) is 0 Å². The summed E-state index contributed by atoms with van der Waals surface area (Å²) in [7, 11) is 0. The molecule has 2 saturated heterocycles. The normalized spacial score (nSPS) is 17.0. The quantitative estimate of drug-likeness (QED) is 0.692. The summed E-state index contributed by atoms with van der Waals surface area (Å²) in [5.41, 5.74) is 0. The maximum absolute atomic E-state index is 10.1. The van der Waals surface area contributed by atoms with E-state index in [0.717, 1.165) is 58.5 Å². The highest BCUT2D eigenvalue weighted by Gasteiger charge is 2.05. The Balaban J connectivity index is 0.000000317. The van der Waals surface area contributed by atoms with Crippen molar-refractivity contribution < 1.29 is 19.1 Å². The molecular formula is C16H31N3O4. The van der Waals surface area contributed by atoms with Crippen molar-refractivity contribution in [3.05, 3.63) is 0 Å². The Labute approximate surface area is 139 Å². The molecule has 0 spiro atoms. The first-order chi connectivity index (χ1) is 11.2. The zero-order valence-corrected chi connectivity index (χ0v) is 14.5. The molecule has 134 valence electrons. The number of amides is 3. The van der Waals surface area contributed by atoms with E-state index in [4.69, 9.17) is 4.74 Å². The molecule has 2 heterocycles. The summed E-state index contributed by atoms with van der Waals surface area (Å²) in [4.78, 5) is 35.3. The van der Waals surface area contributed by atoms with E-state index in [1.165, 1.54) is 19.3 Å². The second-order valence-corrected chi connectivity index (χ2v) is 5.28. The van der Waals surface area contributed by atoms with Crippen molar-refractivity contribution in [1.29, 1.82) is 0 Å². The lowest BCUT2D eigenvalue weighted by Gasteiger charge is -2.21. The third-order valence-corrected chi connectivity index (χ3v) is 3.70. The van der Waals surface area contributed by atoms with Crippen LogP contribution in [0.4, 0.5) is 0 Å². The van der Waals surface area contributed by atoms with Crippen LogP contribution in [-0.4, -0.2) is 86.4 Å². The van der Waals surface area contributed by atoms with Gasteiger partial charge in [-0.1, -0.05) is 0 Å². The first-order valence-corrected chi connectivity index (χ1v) is 8.37. The van der Waals surface area contributed by atoms with Crippen molar-refractivity contribution in [3.8, 4) is 0 Å². The maximum atomic E-state index is 10.1. The van der Waals surface area contributed by atoms with E-state index < -0.39 is 0 Å². The van der Waals surface area contributed by atoms with Crippen LogP contribution in [0.1, 0.15) is 33.1 Å². The fourth-order valence-electron chi connectivity index (χ4n) is 2.08. The fourth-order valence-corrected chi connectivity index (χ4v) is 2.08. The molecule has 0 radical (unpaired) electrons. The Morgan fingerprint density at radius 3 is 1.57 bits per heavy atom. The molecule has 23 heavy (non-hydrogen) atoms. The van der Waals surface area contributed by atoms with Gasteiger partial charge >= 0.3 is 0 Å². The molecule has 0 aromatic rings. The molecule has 7 nitrogen and oxygen atoms in total. The summed E-state index contributed by atoms with van der Waals surface area (Å²) < 4.78 is 5.00. The number of ether oxygens (including phenoxy) is 1. The van der Waals surface area contributed by atoms with Crippen molar-refractivity contribution in [1.82, 2.24) is 14.7 Å². The number of morpholine rings is 1. The number of hydrogen-bond acceptors (Lipinski definition) is 4. The number of likely N-dealkylation sites (tertiary alicyclic amines) is 1. The minimum Gasteiger partial charge on any atom is -0.378 e. The van der Waals surface area contributed by atoms with Crippen LogP contribution in [0.5, 0.6) is 0 Å². The molecule has 2 aliphatic heterocycles. The Bertz CT molecular complexity index is 278. The summed E-state index contributed by atoms with van der Waals surface area (Å²) in [6.07, 6.45) is 6.35. The molecule has 0 N–H and O–H groups in total. The van der Waals surface area contributed by atoms with Crippen LogP contribution in [0.3, 0.4) is 0 Å². The highest BCUT2D eigenvalue weighted by Crippen LogP contribution is 2.05. The van der Waals surface area contributed by atoms with Gasteiger partial charge < -0.3 is 19.4 Å². The van der Waals surface area contributed by atoms with Crippen LogP contribution in [0.25, 0.3) is 0 Å². The molecule has 0 atom stereocenters. The average Bonchev–Trinajstić information content (AvgIpc) is 2.65. The zero-order chi connectivity index (χ0) is 17.3. The van der Waals surface area contributed by atoms with Gasteiger partial charge in [0, 0.05) is 39.3 Å². The van der Waals surface area contributed by atoms with Crippen molar-refractivity contribution in [2.24, 2.45) is 0 Å². The zero-order valence-electron chi connectivity index (χ0n) is 14.5. The summed E-state index contributed by atoms with van der Waals surface area (Å²) in [6, 6.07) is 0. The lowest BCUT2D eigenvalue weighted by Crippen LogP contribution is -2.34. The maximum Gasteiger partial charge on any atom is 0.209 e. The van der Waals surface area contributed by atoms with E-state index in [9.17, 15) is 14.4 Å². The van der Waals surface area contributed by atoms with E-state index in [1.807, 2.05) is 18.7 Å². The highest BCUT2D eigenvalue weighted by molar-refractivity contribution is 5.47. The van der Waals surface area contributed by atoms with Gasteiger partial charge in [-0.2, -0.15) is 0 Å². The Morgan fingerprint density at radius 2 is 1.30 bits per heavy atom. The SMILES string of the molecule is CCN(C=O)CC.O=CN1CCCCC1.O=CN1CCOCC1. The molecule has 0 bridgehead atoms. The van der Waals surface area contributed by atoms with Gasteiger partial charge in [0.25, 0.3) is 0 Å². The van der Waals surface area contributed by atoms with Crippen LogP contribution in [0, 0.1) is 0 Å². The largest absolute Gasteiger partial charge is 0.378 e. The van der Waals surface area contributed by atoms with Gasteiger partial charge in [0.1, 0.15) is 0 Å². The molecule has 2 aliphatic rings. The number of carbonyl (C=O) groups is 3. The van der Waals surface area contributed by atoms with Crippen molar-refractivity contribution in [2.75, 3.05) is 52.5 Å². The average molecular weight is 329 g/mol. The first kappa shape index (κ1) is 21.4. The smallest absolute Gasteiger partial charge is 0.209 e. The summed E-state index contributed by atoms with van der Waals surface area (Å²) in [5.74, 6) is 0. The second-order valence-electron chi connectivity index (χ2n) is 5.28. The summed E-state index contributed by atoms with van der Waals surface area (Å²) in [6.45, 7) is 10.4. The van der Waals surface area contributed by atoms with Crippen LogP contribution >= 0.6 is 0 Å². The minimum atomic E-state index is 0.693. The molecule has 0 aliphatic carbocycles. The van der Waals surface area contributed by atoms with Gasteiger partial charge in [0.2, 0.25) is 19.2 Å². The van der Waals surface area contributed by atoms with Crippen LogP contribution < -0.4 is 0 Å². The lowest BCUT2D eigenvalue weighted by atomic mass is 10.1. The monoisotopic (exact) mass is 329 g/mol. The molecule has 2 fully saturated rings. The van der Waals surface area contributed by atoms with Gasteiger partial charge in [-0.3, -0.25) is 14.4 Å². The molecule has 7 heteroatoms. The number of carbonyl (C=O) groups excluding carboxylic acids is 3. The molecular weight excluding hydrogens is 298 g/mol. The van der Waals surface area contributed by atoms with Crippen LogP contribution in [-0.2, 0) is 19.1 Å². The minimum absolute atomic E-state index is 0.693. The van der Waals surface area contributed by atoms with Crippen LogP contribution in [0.15, 0.2) is 0 Å². The highest BCUT2D eigenvalue weighted by atomic mass is 16.5. The van der Waals surface area contributed by atoms with Crippen LogP contribution in [0.2, 0.25) is 0 Å². The predicted octanol–water partition coefficient (Wildman–Crippen LogP) is 0.588. The predicted molar refractivity (Wildman–Crippen MR) is 88.9 cm³/mol. The molecule has 2 rings (SSSR count). The van der Waals surface area contributed by atoms with E-state index in [1.54, 1.807) is 9.80 Å². The van der Waals surface area contributed by atoms with E-state index >= 15 is 0 Å². The van der Waals surface area contributed by atoms with Gasteiger partial charge in [0.05, 0.1) is 13.2 Å². The molecule has 0 aromatic heterocycles. The molecule has 0 saturated carbocycles. The lowest BCUT2D eigenvalue weighted by molar-refractivity contribution is -0.122. The van der Waals surface area contributed by atoms with Crippen molar-refractivity contribution >= 4 is 19.2 Å². The van der Waals surface area contributed by atoms with Crippen molar-refractivity contribution in [3.63, 3.8) is 0 Å². The second kappa shape index (κ2) is 15.3. The Hall–Kier alpha value is -1.63. The van der Waals surface area contributed by atoms with Gasteiger partial charge in [0.15, 0.2) is 0 Å². The Kier molecular flexibility index (Phi) is 14.2. The standard InChI is InChI=1S/C6H11NO.C5H9NO2.C5H11NO/c8-6-7-4-2-1-3-5-7;7-5-6-1-3-8-4-2-6;1-3-6(4-2)5-7/h6H,1-5H2;5H,1-4H2;5H,3-4H2,1-2H3. The van der Waals surface area contributed by atoms with Gasteiger partial charge in [-0.05, 0) is 33.1 Å². The number of hydrogen-bond donors (Lipinski definition) is 0. The number of rotatable bonds is 5. The van der Waals surface area contributed by atoms with Crippen molar-refractivity contribution in [2.45, 2.75) is 33.1 Å². The molecule has 3 amide bonds. The topological polar surface area (TPSA) is 70.2 Å². The first-order valence-electron chi connectivity index (χ1n) is 8.37. The van der Waals surface area contributed by atoms with E-state index in [-0.39, 0.29) is 0 Å².